The Hall–Kier alpha value is -2.62. The monoisotopic (exact) mass is 472 g/mol. The first-order valence-corrected chi connectivity index (χ1v) is 13.9. The van der Waals surface area contributed by atoms with E-state index >= 15 is 0 Å². The van der Waals surface area contributed by atoms with Crippen molar-refractivity contribution in [1.29, 1.82) is 0 Å². The fourth-order valence-corrected chi connectivity index (χ4v) is 7.49. The van der Waals surface area contributed by atoms with E-state index in [9.17, 15) is 19.2 Å². The SMILES string of the molecule is CCCO[Si](C)(OCCC)C(CC)N1C(=O)c2cccc(N3C(=O)C(C)=C(C)C3=O)c2C1=O. The number of hydrogen-bond acceptors (Lipinski definition) is 6. The molecule has 0 bridgehead atoms. The lowest BCUT2D eigenvalue weighted by Crippen LogP contribution is -2.60. The molecule has 2 aliphatic heterocycles. The van der Waals surface area contributed by atoms with Gasteiger partial charge in [0.25, 0.3) is 23.6 Å². The molecule has 1 aromatic rings. The summed E-state index contributed by atoms with van der Waals surface area (Å²) < 4.78 is 12.4. The van der Waals surface area contributed by atoms with E-state index in [0.717, 1.165) is 17.7 Å². The van der Waals surface area contributed by atoms with Crippen LogP contribution in [0.2, 0.25) is 6.55 Å². The predicted octanol–water partition coefficient (Wildman–Crippen LogP) is 3.74. The fraction of sp³-hybridized carbons (Fsp3) is 0.500. The highest BCUT2D eigenvalue weighted by molar-refractivity contribution is 6.68. The molecule has 0 saturated carbocycles. The zero-order valence-corrected chi connectivity index (χ0v) is 21.2. The van der Waals surface area contributed by atoms with Gasteiger partial charge >= 0.3 is 8.56 Å². The number of carbonyl (C=O) groups excluding carboxylic acids is 4. The molecule has 8 nitrogen and oxygen atoms in total. The Labute approximate surface area is 195 Å². The molecule has 0 radical (unpaired) electrons. The van der Waals surface area contributed by atoms with Gasteiger partial charge in [-0.05, 0) is 51.8 Å². The summed E-state index contributed by atoms with van der Waals surface area (Å²) >= 11 is 0. The van der Waals surface area contributed by atoms with Gasteiger partial charge in [0.05, 0.1) is 22.5 Å². The van der Waals surface area contributed by atoms with Crippen LogP contribution in [0.3, 0.4) is 0 Å². The Morgan fingerprint density at radius 2 is 1.39 bits per heavy atom. The Bertz CT molecular complexity index is 1000. The molecule has 33 heavy (non-hydrogen) atoms. The highest BCUT2D eigenvalue weighted by atomic mass is 28.4. The molecular formula is C24H32N2O6Si. The van der Waals surface area contributed by atoms with Crippen molar-refractivity contribution in [2.45, 2.75) is 66.1 Å². The number of imide groups is 2. The summed E-state index contributed by atoms with van der Waals surface area (Å²) in [6.07, 6.45) is 2.04. The van der Waals surface area contributed by atoms with Crippen molar-refractivity contribution in [1.82, 2.24) is 4.90 Å². The summed E-state index contributed by atoms with van der Waals surface area (Å²) in [5.74, 6) is -1.94. The predicted molar refractivity (Wildman–Crippen MR) is 126 cm³/mol. The number of nitrogens with zero attached hydrogens (tertiary/aromatic N) is 2. The summed E-state index contributed by atoms with van der Waals surface area (Å²) in [4.78, 5) is 55.0. The molecular weight excluding hydrogens is 440 g/mol. The molecule has 0 aromatic heterocycles. The molecule has 178 valence electrons. The first kappa shape index (κ1) is 25.0. The minimum atomic E-state index is -2.98. The molecule has 3 rings (SSSR count). The zero-order valence-electron chi connectivity index (χ0n) is 20.2. The van der Waals surface area contributed by atoms with Crippen LogP contribution in [-0.4, -0.2) is 56.0 Å². The smallest absolute Gasteiger partial charge is 0.358 e. The Morgan fingerprint density at radius 1 is 0.848 bits per heavy atom. The third-order valence-corrected chi connectivity index (χ3v) is 9.70. The van der Waals surface area contributed by atoms with E-state index in [1.54, 1.807) is 26.0 Å². The van der Waals surface area contributed by atoms with Crippen LogP contribution in [0.15, 0.2) is 29.3 Å². The highest BCUT2D eigenvalue weighted by Gasteiger charge is 2.52. The van der Waals surface area contributed by atoms with Gasteiger partial charge < -0.3 is 8.85 Å². The molecule has 2 heterocycles. The quantitative estimate of drug-likeness (QED) is 0.380. The average molecular weight is 473 g/mol. The van der Waals surface area contributed by atoms with Crippen molar-refractivity contribution in [2.24, 2.45) is 0 Å². The van der Waals surface area contributed by atoms with Crippen LogP contribution in [-0.2, 0) is 18.4 Å². The summed E-state index contributed by atoms with van der Waals surface area (Å²) in [7, 11) is -2.98. The number of benzene rings is 1. The van der Waals surface area contributed by atoms with Crippen LogP contribution >= 0.6 is 0 Å². The van der Waals surface area contributed by atoms with Crippen molar-refractivity contribution in [2.75, 3.05) is 18.1 Å². The standard InChI is InChI=1S/C24H32N2O6Si/c1-7-13-31-33(6,32-14-8-2)19(9-3)26-23(29)17-11-10-12-18(20(17)24(26)30)25-21(27)15(4)16(5)22(25)28/h10-12,19H,7-9,13-14H2,1-6H3. The minimum absolute atomic E-state index is 0.0764. The Morgan fingerprint density at radius 3 is 1.88 bits per heavy atom. The number of fused-ring (bicyclic) bond motifs is 1. The Balaban J connectivity index is 2.05. The molecule has 2 aliphatic rings. The number of rotatable bonds is 10. The van der Waals surface area contributed by atoms with Gasteiger partial charge in [0.2, 0.25) is 0 Å². The molecule has 1 unspecified atom stereocenters. The van der Waals surface area contributed by atoms with Crippen LogP contribution in [0.25, 0.3) is 0 Å². The van der Waals surface area contributed by atoms with E-state index in [4.69, 9.17) is 8.85 Å². The maximum absolute atomic E-state index is 13.7. The van der Waals surface area contributed by atoms with Gasteiger partial charge in [-0.15, -0.1) is 0 Å². The molecule has 0 fully saturated rings. The first-order valence-electron chi connectivity index (χ1n) is 11.5. The van der Waals surface area contributed by atoms with Crippen molar-refractivity contribution < 1.29 is 28.0 Å². The second-order valence-electron chi connectivity index (χ2n) is 8.51. The van der Waals surface area contributed by atoms with Crippen molar-refractivity contribution in [3.05, 3.63) is 40.5 Å². The van der Waals surface area contributed by atoms with E-state index < -0.39 is 37.9 Å². The normalized spacial score (nSPS) is 17.5. The van der Waals surface area contributed by atoms with E-state index in [-0.39, 0.29) is 16.8 Å². The second-order valence-corrected chi connectivity index (χ2v) is 11.8. The summed E-state index contributed by atoms with van der Waals surface area (Å²) in [5.41, 5.74) is 0.509. The van der Waals surface area contributed by atoms with Gasteiger partial charge in [-0.1, -0.05) is 26.8 Å². The van der Waals surface area contributed by atoms with Crippen LogP contribution < -0.4 is 4.90 Å². The summed E-state index contributed by atoms with van der Waals surface area (Å²) in [5, 5.41) is 0. The maximum atomic E-state index is 13.7. The first-order chi connectivity index (χ1) is 15.6. The van der Waals surface area contributed by atoms with Crippen molar-refractivity contribution in [3.63, 3.8) is 0 Å². The van der Waals surface area contributed by atoms with E-state index in [0.29, 0.717) is 30.8 Å². The number of amides is 4. The molecule has 9 heteroatoms. The molecule has 0 spiro atoms. The third kappa shape index (κ3) is 4.09. The van der Waals surface area contributed by atoms with E-state index in [1.165, 1.54) is 11.0 Å². The number of hydrogen-bond donors (Lipinski definition) is 0. The van der Waals surface area contributed by atoms with Gasteiger partial charge in [0.15, 0.2) is 0 Å². The fourth-order valence-electron chi connectivity index (χ4n) is 4.35. The number of anilines is 1. The van der Waals surface area contributed by atoms with Gasteiger partial charge in [0, 0.05) is 24.4 Å². The minimum Gasteiger partial charge on any atom is -0.393 e. The zero-order chi connectivity index (χ0) is 24.5. The van der Waals surface area contributed by atoms with Crippen molar-refractivity contribution >= 4 is 37.9 Å². The maximum Gasteiger partial charge on any atom is 0.358 e. The molecule has 0 saturated heterocycles. The third-order valence-electron chi connectivity index (χ3n) is 6.26. The van der Waals surface area contributed by atoms with Gasteiger partial charge in [-0.2, -0.15) is 0 Å². The summed E-state index contributed by atoms with van der Waals surface area (Å²) in [6, 6.07) is 4.68. The molecule has 1 atom stereocenters. The van der Waals surface area contributed by atoms with Crippen LogP contribution in [0.1, 0.15) is 74.6 Å². The van der Waals surface area contributed by atoms with Gasteiger partial charge in [-0.25, -0.2) is 4.90 Å². The second kappa shape index (κ2) is 9.70. The van der Waals surface area contributed by atoms with Gasteiger partial charge in [-0.3, -0.25) is 24.1 Å². The lowest BCUT2D eigenvalue weighted by atomic mass is 10.1. The summed E-state index contributed by atoms with van der Waals surface area (Å²) in [6.45, 7) is 11.9. The lowest BCUT2D eigenvalue weighted by molar-refractivity contribution is -0.120. The van der Waals surface area contributed by atoms with Crippen LogP contribution in [0.4, 0.5) is 5.69 Å². The topological polar surface area (TPSA) is 93.2 Å². The average Bonchev–Trinajstić information content (AvgIpc) is 3.17. The van der Waals surface area contributed by atoms with Crippen LogP contribution in [0.5, 0.6) is 0 Å². The lowest BCUT2D eigenvalue weighted by Gasteiger charge is -2.38. The van der Waals surface area contributed by atoms with E-state index in [1.807, 2.05) is 27.3 Å². The largest absolute Gasteiger partial charge is 0.393 e. The molecule has 4 amide bonds. The highest BCUT2D eigenvalue weighted by Crippen LogP contribution is 2.38. The van der Waals surface area contributed by atoms with Gasteiger partial charge in [0.1, 0.15) is 0 Å². The van der Waals surface area contributed by atoms with Crippen molar-refractivity contribution in [3.8, 4) is 0 Å². The Kier molecular flexibility index (Phi) is 7.35. The van der Waals surface area contributed by atoms with E-state index in [2.05, 4.69) is 0 Å². The van der Waals surface area contributed by atoms with Crippen LogP contribution in [0, 0.1) is 0 Å². The number of carbonyl (C=O) groups is 4. The molecule has 1 aromatic carbocycles. The molecule has 0 aliphatic carbocycles. The molecule has 0 N–H and O–H groups in total.